The zero-order valence-corrected chi connectivity index (χ0v) is 8.29. The quantitative estimate of drug-likeness (QED) is 0.694. The van der Waals surface area contributed by atoms with Crippen LogP contribution in [0.4, 0.5) is 4.39 Å². The van der Waals surface area contributed by atoms with Gasteiger partial charge in [-0.15, -0.1) is 0 Å². The van der Waals surface area contributed by atoms with Gasteiger partial charge in [-0.1, -0.05) is 18.2 Å². The zero-order chi connectivity index (χ0) is 10.6. The lowest BCUT2D eigenvalue weighted by molar-refractivity contribution is 0.0252. The van der Waals surface area contributed by atoms with Gasteiger partial charge in [0.25, 0.3) is 0 Å². The molecule has 76 valence electrons. The Kier molecular flexibility index (Phi) is 3.23. The van der Waals surface area contributed by atoms with Gasteiger partial charge in [0, 0.05) is 0 Å². The Morgan fingerprint density at radius 2 is 1.93 bits per heavy atom. The lowest BCUT2D eigenvalue weighted by Crippen LogP contribution is -2.23. The Hall–Kier alpha value is -1.38. The number of ether oxygens (including phenoxy) is 1. The number of benzene rings is 1. The third kappa shape index (κ3) is 3.56. The highest BCUT2D eigenvalue weighted by atomic mass is 19.1. The summed E-state index contributed by atoms with van der Waals surface area (Å²) in [6.07, 6.45) is 0. The Balaban J connectivity index is 2.52. The fourth-order valence-corrected chi connectivity index (χ4v) is 0.895. The average molecular weight is 196 g/mol. The molecular weight excluding hydrogens is 183 g/mol. The smallest absolute Gasteiger partial charge is 0.338 e. The van der Waals surface area contributed by atoms with Crippen LogP contribution in [0.1, 0.15) is 24.2 Å². The summed E-state index contributed by atoms with van der Waals surface area (Å²) in [4.78, 5) is 11.3. The summed E-state index contributed by atoms with van der Waals surface area (Å²) in [5, 5.41) is 0. The first kappa shape index (κ1) is 10.7. The van der Waals surface area contributed by atoms with E-state index in [4.69, 9.17) is 4.74 Å². The molecule has 14 heavy (non-hydrogen) atoms. The largest absolute Gasteiger partial charge is 0.459 e. The van der Waals surface area contributed by atoms with Crippen molar-refractivity contribution in [3.63, 3.8) is 0 Å². The minimum Gasteiger partial charge on any atom is -0.459 e. The average Bonchev–Trinajstić information content (AvgIpc) is 2.14. The van der Waals surface area contributed by atoms with Gasteiger partial charge >= 0.3 is 5.97 Å². The van der Waals surface area contributed by atoms with Gasteiger partial charge in [-0.05, 0) is 26.0 Å². The number of esters is 1. The SMILES string of the molecule is CC(C)(F)COC(=O)c1ccccc1. The molecule has 1 aromatic rings. The fraction of sp³-hybridized carbons (Fsp3) is 0.364. The molecule has 0 atom stereocenters. The Labute approximate surface area is 82.7 Å². The number of rotatable bonds is 3. The second-order valence-electron chi connectivity index (χ2n) is 3.66. The molecule has 0 aliphatic heterocycles. The summed E-state index contributed by atoms with van der Waals surface area (Å²) in [6.45, 7) is 2.51. The minimum atomic E-state index is -1.48. The highest BCUT2D eigenvalue weighted by Gasteiger charge is 2.18. The molecular formula is C11H13FO2. The van der Waals surface area contributed by atoms with Crippen LogP contribution in [0.2, 0.25) is 0 Å². The molecule has 1 rings (SSSR count). The Morgan fingerprint density at radius 3 is 2.43 bits per heavy atom. The van der Waals surface area contributed by atoms with Crippen molar-refractivity contribution in [3.8, 4) is 0 Å². The highest BCUT2D eigenvalue weighted by molar-refractivity contribution is 5.89. The fourth-order valence-electron chi connectivity index (χ4n) is 0.895. The van der Waals surface area contributed by atoms with Crippen molar-refractivity contribution >= 4 is 5.97 Å². The first-order valence-corrected chi connectivity index (χ1v) is 4.40. The molecule has 0 saturated carbocycles. The second kappa shape index (κ2) is 4.22. The maximum absolute atomic E-state index is 13.0. The van der Waals surface area contributed by atoms with Crippen LogP contribution in [0.25, 0.3) is 0 Å². The number of halogens is 1. The van der Waals surface area contributed by atoms with E-state index < -0.39 is 11.6 Å². The van der Waals surface area contributed by atoms with E-state index in [-0.39, 0.29) is 6.61 Å². The van der Waals surface area contributed by atoms with Crippen molar-refractivity contribution in [2.75, 3.05) is 6.61 Å². The Morgan fingerprint density at radius 1 is 1.36 bits per heavy atom. The molecule has 0 spiro atoms. The van der Waals surface area contributed by atoms with Crippen LogP contribution in [-0.2, 0) is 4.74 Å². The van der Waals surface area contributed by atoms with E-state index in [1.54, 1.807) is 30.3 Å². The van der Waals surface area contributed by atoms with Gasteiger partial charge in [-0.2, -0.15) is 0 Å². The molecule has 0 aromatic heterocycles. The third-order valence-corrected chi connectivity index (χ3v) is 1.56. The summed E-state index contributed by atoms with van der Waals surface area (Å²) in [6, 6.07) is 8.53. The van der Waals surface area contributed by atoms with Gasteiger partial charge in [0.05, 0.1) is 5.56 Å². The van der Waals surface area contributed by atoms with Crippen LogP contribution in [0, 0.1) is 0 Å². The summed E-state index contributed by atoms with van der Waals surface area (Å²) >= 11 is 0. The van der Waals surface area contributed by atoms with Gasteiger partial charge in [-0.25, -0.2) is 9.18 Å². The van der Waals surface area contributed by atoms with E-state index in [1.165, 1.54) is 13.8 Å². The van der Waals surface area contributed by atoms with E-state index >= 15 is 0 Å². The third-order valence-electron chi connectivity index (χ3n) is 1.56. The molecule has 0 N–H and O–H groups in total. The number of alkyl halides is 1. The molecule has 0 radical (unpaired) electrons. The van der Waals surface area contributed by atoms with E-state index in [0.717, 1.165) is 0 Å². The summed E-state index contributed by atoms with van der Waals surface area (Å²) in [5.74, 6) is -0.490. The van der Waals surface area contributed by atoms with E-state index in [9.17, 15) is 9.18 Å². The van der Waals surface area contributed by atoms with Gasteiger partial charge in [0.2, 0.25) is 0 Å². The van der Waals surface area contributed by atoms with Crippen LogP contribution in [0.5, 0.6) is 0 Å². The van der Waals surface area contributed by atoms with Crippen molar-refractivity contribution in [2.24, 2.45) is 0 Å². The summed E-state index contributed by atoms with van der Waals surface area (Å²) < 4.78 is 17.8. The number of hydrogen-bond donors (Lipinski definition) is 0. The highest BCUT2D eigenvalue weighted by Crippen LogP contribution is 2.10. The van der Waals surface area contributed by atoms with Gasteiger partial charge in [0.1, 0.15) is 12.3 Å². The first-order chi connectivity index (χ1) is 6.49. The molecule has 0 fully saturated rings. The number of hydrogen-bond acceptors (Lipinski definition) is 2. The maximum Gasteiger partial charge on any atom is 0.338 e. The molecule has 0 heterocycles. The molecule has 3 heteroatoms. The van der Waals surface area contributed by atoms with Crippen LogP contribution in [-0.4, -0.2) is 18.2 Å². The number of carbonyl (C=O) groups is 1. The van der Waals surface area contributed by atoms with E-state index in [2.05, 4.69) is 0 Å². The van der Waals surface area contributed by atoms with E-state index in [1.807, 2.05) is 0 Å². The van der Waals surface area contributed by atoms with Crippen LogP contribution in [0.15, 0.2) is 30.3 Å². The second-order valence-corrected chi connectivity index (χ2v) is 3.66. The molecule has 0 aliphatic rings. The minimum absolute atomic E-state index is 0.222. The molecule has 0 saturated heterocycles. The summed E-state index contributed by atoms with van der Waals surface area (Å²) in [7, 11) is 0. The van der Waals surface area contributed by atoms with Crippen LogP contribution >= 0.6 is 0 Å². The van der Waals surface area contributed by atoms with Gasteiger partial charge in [-0.3, -0.25) is 0 Å². The molecule has 0 bridgehead atoms. The summed E-state index contributed by atoms with van der Waals surface area (Å²) in [5.41, 5.74) is -1.04. The molecule has 0 aliphatic carbocycles. The standard InChI is InChI=1S/C11H13FO2/c1-11(2,12)8-14-10(13)9-6-4-3-5-7-9/h3-7H,8H2,1-2H3. The molecule has 2 nitrogen and oxygen atoms in total. The van der Waals surface area contributed by atoms with Gasteiger partial charge in [0.15, 0.2) is 0 Å². The van der Waals surface area contributed by atoms with Crippen molar-refractivity contribution in [1.82, 2.24) is 0 Å². The molecule has 1 aromatic carbocycles. The van der Waals surface area contributed by atoms with Crippen molar-refractivity contribution in [1.29, 1.82) is 0 Å². The van der Waals surface area contributed by atoms with Crippen molar-refractivity contribution < 1.29 is 13.9 Å². The normalized spacial score (nSPS) is 11.1. The topological polar surface area (TPSA) is 26.3 Å². The molecule has 0 amide bonds. The lowest BCUT2D eigenvalue weighted by Gasteiger charge is -2.13. The van der Waals surface area contributed by atoms with Crippen molar-refractivity contribution in [2.45, 2.75) is 19.5 Å². The Bertz CT molecular complexity index is 301. The van der Waals surface area contributed by atoms with Crippen molar-refractivity contribution in [3.05, 3.63) is 35.9 Å². The van der Waals surface area contributed by atoms with Crippen LogP contribution < -0.4 is 0 Å². The predicted octanol–water partition coefficient (Wildman–Crippen LogP) is 2.59. The monoisotopic (exact) mass is 196 g/mol. The number of carbonyl (C=O) groups excluding carboxylic acids is 1. The predicted molar refractivity (Wildman–Crippen MR) is 51.9 cm³/mol. The lowest BCUT2D eigenvalue weighted by atomic mass is 10.2. The van der Waals surface area contributed by atoms with E-state index in [0.29, 0.717) is 5.56 Å². The molecule has 0 unspecified atom stereocenters. The van der Waals surface area contributed by atoms with Gasteiger partial charge < -0.3 is 4.74 Å². The van der Waals surface area contributed by atoms with Crippen LogP contribution in [0.3, 0.4) is 0 Å². The zero-order valence-electron chi connectivity index (χ0n) is 8.29. The maximum atomic E-state index is 13.0. The first-order valence-electron chi connectivity index (χ1n) is 4.40.